The zero-order valence-electron chi connectivity index (χ0n) is 11.3. The molecule has 0 aromatic heterocycles. The molecule has 17 heavy (non-hydrogen) atoms. The molecule has 0 radical (unpaired) electrons. The van der Waals surface area contributed by atoms with Crippen molar-refractivity contribution in [1.82, 2.24) is 5.32 Å². The van der Waals surface area contributed by atoms with Gasteiger partial charge in [-0.15, -0.1) is 6.58 Å². The van der Waals surface area contributed by atoms with E-state index < -0.39 is 0 Å². The standard InChI is InChI=1S/C14H27NO2/c1-4-14(2,12-15-13-6-7-13)8-11-17-10-5-9-16-3/h4,13,15H,1,5-12H2,2-3H3. The maximum absolute atomic E-state index is 5.60. The van der Waals surface area contributed by atoms with E-state index in [0.717, 1.165) is 45.2 Å². The van der Waals surface area contributed by atoms with Crippen LogP contribution in [0.3, 0.4) is 0 Å². The molecule has 1 unspecified atom stereocenters. The van der Waals surface area contributed by atoms with Gasteiger partial charge in [-0.1, -0.05) is 13.0 Å². The predicted molar refractivity (Wildman–Crippen MR) is 71.3 cm³/mol. The zero-order chi connectivity index (χ0) is 12.6. The van der Waals surface area contributed by atoms with Crippen LogP contribution in [0.25, 0.3) is 0 Å². The molecule has 0 amide bonds. The maximum Gasteiger partial charge on any atom is 0.0487 e. The lowest BCUT2D eigenvalue weighted by atomic mass is 9.87. The Morgan fingerprint density at radius 3 is 2.71 bits per heavy atom. The molecule has 3 heteroatoms. The minimum atomic E-state index is 0.157. The number of ether oxygens (including phenoxy) is 2. The fourth-order valence-electron chi connectivity index (χ4n) is 1.64. The molecule has 0 aliphatic heterocycles. The number of nitrogens with one attached hydrogen (secondary N) is 1. The summed E-state index contributed by atoms with van der Waals surface area (Å²) in [5, 5.41) is 3.56. The van der Waals surface area contributed by atoms with E-state index >= 15 is 0 Å². The summed E-state index contributed by atoms with van der Waals surface area (Å²) in [6, 6.07) is 0.761. The van der Waals surface area contributed by atoms with E-state index in [9.17, 15) is 0 Å². The predicted octanol–water partition coefficient (Wildman–Crippen LogP) is 2.37. The quantitative estimate of drug-likeness (QED) is 0.445. The van der Waals surface area contributed by atoms with Gasteiger partial charge in [-0.2, -0.15) is 0 Å². The molecule has 0 spiro atoms. The van der Waals surface area contributed by atoms with Crippen molar-refractivity contribution in [2.45, 2.75) is 38.6 Å². The minimum absolute atomic E-state index is 0.157. The van der Waals surface area contributed by atoms with Crippen LogP contribution in [0, 0.1) is 5.41 Å². The Kier molecular flexibility index (Phi) is 6.78. The molecule has 1 N–H and O–H groups in total. The largest absolute Gasteiger partial charge is 0.385 e. The van der Waals surface area contributed by atoms with Crippen molar-refractivity contribution in [3.63, 3.8) is 0 Å². The Bertz CT molecular complexity index is 216. The molecule has 1 saturated carbocycles. The van der Waals surface area contributed by atoms with Gasteiger partial charge in [-0.05, 0) is 31.1 Å². The molecule has 1 aliphatic carbocycles. The molecule has 1 fully saturated rings. The highest BCUT2D eigenvalue weighted by Gasteiger charge is 2.26. The summed E-state index contributed by atoms with van der Waals surface area (Å²) in [5.74, 6) is 0. The minimum Gasteiger partial charge on any atom is -0.385 e. The van der Waals surface area contributed by atoms with Crippen LogP contribution >= 0.6 is 0 Å². The molecule has 0 saturated heterocycles. The summed E-state index contributed by atoms with van der Waals surface area (Å²) in [5.41, 5.74) is 0.157. The zero-order valence-corrected chi connectivity index (χ0v) is 11.3. The van der Waals surface area contributed by atoms with Crippen LogP contribution in [0.15, 0.2) is 12.7 Å². The summed E-state index contributed by atoms with van der Waals surface area (Å²) >= 11 is 0. The third-order valence-electron chi connectivity index (χ3n) is 3.32. The third-order valence-corrected chi connectivity index (χ3v) is 3.32. The van der Waals surface area contributed by atoms with Crippen molar-refractivity contribution >= 4 is 0 Å². The Balaban J connectivity index is 2.05. The molecular formula is C14H27NO2. The van der Waals surface area contributed by atoms with E-state index in [1.54, 1.807) is 7.11 Å². The monoisotopic (exact) mass is 241 g/mol. The van der Waals surface area contributed by atoms with Crippen molar-refractivity contribution in [2.75, 3.05) is 33.5 Å². The lowest BCUT2D eigenvalue weighted by Gasteiger charge is -2.26. The normalized spacial score (nSPS) is 18.9. The highest BCUT2D eigenvalue weighted by molar-refractivity contribution is 4.95. The van der Waals surface area contributed by atoms with Crippen LogP contribution < -0.4 is 5.32 Å². The van der Waals surface area contributed by atoms with Crippen molar-refractivity contribution in [3.8, 4) is 0 Å². The van der Waals surface area contributed by atoms with Gasteiger partial charge in [0.25, 0.3) is 0 Å². The van der Waals surface area contributed by atoms with Gasteiger partial charge >= 0.3 is 0 Å². The summed E-state index contributed by atoms with van der Waals surface area (Å²) < 4.78 is 10.6. The van der Waals surface area contributed by atoms with Crippen LogP contribution in [0.2, 0.25) is 0 Å². The van der Waals surface area contributed by atoms with Crippen molar-refractivity contribution < 1.29 is 9.47 Å². The summed E-state index contributed by atoms with van der Waals surface area (Å²) in [6.07, 6.45) is 6.73. The first-order valence-electron chi connectivity index (χ1n) is 6.64. The summed E-state index contributed by atoms with van der Waals surface area (Å²) in [6.45, 7) is 9.58. The van der Waals surface area contributed by atoms with E-state index in [2.05, 4.69) is 24.9 Å². The van der Waals surface area contributed by atoms with Crippen LogP contribution in [-0.2, 0) is 9.47 Å². The first kappa shape index (κ1) is 14.7. The van der Waals surface area contributed by atoms with E-state index in [4.69, 9.17) is 9.47 Å². The van der Waals surface area contributed by atoms with Gasteiger partial charge in [0.2, 0.25) is 0 Å². The van der Waals surface area contributed by atoms with Gasteiger partial charge < -0.3 is 14.8 Å². The average molecular weight is 241 g/mol. The van der Waals surface area contributed by atoms with Gasteiger partial charge in [0.05, 0.1) is 0 Å². The van der Waals surface area contributed by atoms with Crippen LogP contribution in [0.5, 0.6) is 0 Å². The number of methoxy groups -OCH3 is 1. The maximum atomic E-state index is 5.60. The molecule has 1 aliphatic rings. The summed E-state index contributed by atoms with van der Waals surface area (Å²) in [7, 11) is 1.72. The smallest absolute Gasteiger partial charge is 0.0487 e. The summed E-state index contributed by atoms with van der Waals surface area (Å²) in [4.78, 5) is 0. The second-order valence-corrected chi connectivity index (χ2v) is 5.22. The molecule has 0 heterocycles. The SMILES string of the molecule is C=CC(C)(CCOCCCOC)CNC1CC1. The molecule has 1 atom stereocenters. The van der Waals surface area contributed by atoms with Gasteiger partial charge in [-0.25, -0.2) is 0 Å². The molecule has 1 rings (SSSR count). The van der Waals surface area contributed by atoms with Gasteiger partial charge in [-0.3, -0.25) is 0 Å². The molecule has 3 nitrogen and oxygen atoms in total. The second kappa shape index (κ2) is 7.85. The first-order valence-corrected chi connectivity index (χ1v) is 6.64. The second-order valence-electron chi connectivity index (χ2n) is 5.22. The van der Waals surface area contributed by atoms with Gasteiger partial charge in [0, 0.05) is 39.5 Å². The van der Waals surface area contributed by atoms with Gasteiger partial charge in [0.1, 0.15) is 0 Å². The highest BCUT2D eigenvalue weighted by atomic mass is 16.5. The molecule has 0 bridgehead atoms. The fourth-order valence-corrected chi connectivity index (χ4v) is 1.64. The molecular weight excluding hydrogens is 214 g/mol. The van der Waals surface area contributed by atoms with Gasteiger partial charge in [0.15, 0.2) is 0 Å². The topological polar surface area (TPSA) is 30.5 Å². The Hall–Kier alpha value is -0.380. The molecule has 0 aromatic carbocycles. The highest BCUT2D eigenvalue weighted by Crippen LogP contribution is 2.25. The number of hydrogen-bond acceptors (Lipinski definition) is 3. The lowest BCUT2D eigenvalue weighted by molar-refractivity contribution is 0.0872. The first-order chi connectivity index (χ1) is 8.20. The molecule has 100 valence electrons. The van der Waals surface area contributed by atoms with Crippen LogP contribution in [0.1, 0.15) is 32.6 Å². The number of rotatable bonds is 11. The Morgan fingerprint density at radius 2 is 2.12 bits per heavy atom. The van der Waals surface area contributed by atoms with Crippen LogP contribution in [-0.4, -0.2) is 39.5 Å². The average Bonchev–Trinajstić information content (AvgIpc) is 3.15. The molecule has 0 aromatic rings. The number of hydrogen-bond donors (Lipinski definition) is 1. The lowest BCUT2D eigenvalue weighted by Crippen LogP contribution is -2.32. The van der Waals surface area contributed by atoms with E-state index in [0.29, 0.717) is 0 Å². The van der Waals surface area contributed by atoms with Crippen molar-refractivity contribution in [1.29, 1.82) is 0 Å². The van der Waals surface area contributed by atoms with E-state index in [1.165, 1.54) is 12.8 Å². The van der Waals surface area contributed by atoms with Crippen LogP contribution in [0.4, 0.5) is 0 Å². The van der Waals surface area contributed by atoms with E-state index in [1.807, 2.05) is 0 Å². The Morgan fingerprint density at radius 1 is 1.35 bits per heavy atom. The third kappa shape index (κ3) is 6.81. The van der Waals surface area contributed by atoms with Crippen molar-refractivity contribution in [3.05, 3.63) is 12.7 Å². The van der Waals surface area contributed by atoms with E-state index in [-0.39, 0.29) is 5.41 Å². The Labute approximate surface area is 106 Å². The van der Waals surface area contributed by atoms with Crippen molar-refractivity contribution in [2.24, 2.45) is 5.41 Å². The fraction of sp³-hybridized carbons (Fsp3) is 0.857.